The van der Waals surface area contributed by atoms with Crippen LogP contribution in [0.2, 0.25) is 0 Å². The molecule has 1 amide bonds. The molecule has 0 radical (unpaired) electrons. The number of anilines is 1. The van der Waals surface area contributed by atoms with E-state index >= 15 is 0 Å². The number of amides is 1. The number of H-pyrrole nitrogens is 1. The van der Waals surface area contributed by atoms with Gasteiger partial charge in [-0.05, 0) is 38.5 Å². The Kier molecular flexibility index (Phi) is 3.54. The molecule has 3 aromatic rings. The second-order valence-electron chi connectivity index (χ2n) is 6.80. The van der Waals surface area contributed by atoms with Crippen LogP contribution in [0, 0.1) is 6.92 Å². The highest BCUT2D eigenvalue weighted by Crippen LogP contribution is 2.42. The summed E-state index contributed by atoms with van der Waals surface area (Å²) in [5.74, 6) is 1.24. The number of hydrogen-bond acceptors (Lipinski definition) is 5. The Morgan fingerprint density at radius 2 is 2.04 bits per heavy atom. The van der Waals surface area contributed by atoms with Crippen LogP contribution in [0.3, 0.4) is 0 Å². The van der Waals surface area contributed by atoms with Crippen LogP contribution >= 0.6 is 0 Å². The number of fused-ring (bicyclic) bond motifs is 1. The Hall–Kier alpha value is -3.22. The Morgan fingerprint density at radius 1 is 1.23 bits per heavy atom. The number of aryl methyl sites for hydroxylation is 1. The lowest BCUT2D eigenvalue weighted by atomic mass is 9.96. The molecule has 0 saturated carbocycles. The second kappa shape index (κ2) is 5.66. The third kappa shape index (κ3) is 2.28. The molecule has 7 nitrogen and oxygen atoms in total. The number of ether oxygens (including phenoxy) is 1. The van der Waals surface area contributed by atoms with Gasteiger partial charge in [-0.25, -0.2) is 4.98 Å². The van der Waals surface area contributed by atoms with Gasteiger partial charge in [0.2, 0.25) is 0 Å². The van der Waals surface area contributed by atoms with Gasteiger partial charge < -0.3 is 4.74 Å². The number of aromatic nitrogens is 4. The number of nitrogens with one attached hydrogen (secondary N) is 1. The van der Waals surface area contributed by atoms with Crippen molar-refractivity contribution in [2.45, 2.75) is 26.3 Å². The average molecular weight is 349 g/mol. The normalized spacial score (nSPS) is 15.2. The summed E-state index contributed by atoms with van der Waals surface area (Å²) in [6.07, 6.45) is 5.03. The standard InChI is InChI=1S/C19H19N5O2/c1-11-7-14(12-8-13(26-4)10-20-9-12)22-17-16(11)18(25)24(19(17,2)3)15-5-6-21-23-15/h5-10H,1-4H3,(H,21,23). The minimum Gasteiger partial charge on any atom is -0.495 e. The molecule has 1 aliphatic heterocycles. The first-order valence-electron chi connectivity index (χ1n) is 8.29. The molecule has 0 aliphatic carbocycles. The number of rotatable bonds is 3. The molecule has 1 N–H and O–H groups in total. The number of carbonyl (C=O) groups is 1. The van der Waals surface area contributed by atoms with Gasteiger partial charge in [0.25, 0.3) is 5.91 Å². The topological polar surface area (TPSA) is 84.0 Å². The van der Waals surface area contributed by atoms with Crippen molar-refractivity contribution in [2.75, 3.05) is 12.0 Å². The third-order valence-electron chi connectivity index (χ3n) is 4.74. The van der Waals surface area contributed by atoms with Crippen molar-refractivity contribution in [1.82, 2.24) is 20.2 Å². The zero-order valence-corrected chi connectivity index (χ0v) is 15.1. The van der Waals surface area contributed by atoms with Gasteiger partial charge in [0.05, 0.1) is 42.0 Å². The molecule has 132 valence electrons. The summed E-state index contributed by atoms with van der Waals surface area (Å²) in [5.41, 5.74) is 3.27. The molecule has 0 atom stereocenters. The fourth-order valence-corrected chi connectivity index (χ4v) is 3.46. The molecule has 4 heterocycles. The summed E-state index contributed by atoms with van der Waals surface area (Å²) in [7, 11) is 1.60. The number of aromatic amines is 1. The predicted molar refractivity (Wildman–Crippen MR) is 97.2 cm³/mol. The van der Waals surface area contributed by atoms with E-state index in [-0.39, 0.29) is 5.91 Å². The fourth-order valence-electron chi connectivity index (χ4n) is 3.46. The number of methoxy groups -OCH3 is 1. The van der Waals surface area contributed by atoms with Crippen LogP contribution in [0.1, 0.15) is 35.5 Å². The van der Waals surface area contributed by atoms with Gasteiger partial charge in [0.15, 0.2) is 0 Å². The number of carbonyl (C=O) groups excluding carboxylic acids is 1. The highest BCUT2D eigenvalue weighted by Gasteiger charge is 2.47. The molecule has 3 aromatic heterocycles. The lowest BCUT2D eigenvalue weighted by molar-refractivity contribution is 0.0980. The molecule has 1 aliphatic rings. The minimum atomic E-state index is -0.605. The van der Waals surface area contributed by atoms with Gasteiger partial charge >= 0.3 is 0 Å². The smallest absolute Gasteiger partial charge is 0.262 e. The number of nitrogens with zero attached hydrogens (tertiary/aromatic N) is 4. The molecule has 0 bridgehead atoms. The molecular formula is C19H19N5O2. The van der Waals surface area contributed by atoms with Crippen molar-refractivity contribution in [3.05, 3.63) is 53.6 Å². The SMILES string of the molecule is COc1cncc(-c2cc(C)c3c(n2)C(C)(C)N(c2ccn[nH]2)C3=O)c1. The first kappa shape index (κ1) is 16.3. The maximum absolute atomic E-state index is 13.1. The predicted octanol–water partition coefficient (Wildman–Crippen LogP) is 3.08. The van der Waals surface area contributed by atoms with Crippen molar-refractivity contribution in [1.29, 1.82) is 0 Å². The van der Waals surface area contributed by atoms with E-state index in [1.54, 1.807) is 36.7 Å². The molecule has 7 heteroatoms. The van der Waals surface area contributed by atoms with Crippen molar-refractivity contribution < 1.29 is 9.53 Å². The Balaban J connectivity index is 1.88. The van der Waals surface area contributed by atoms with Gasteiger partial charge in [-0.1, -0.05) is 0 Å². The zero-order chi connectivity index (χ0) is 18.5. The van der Waals surface area contributed by atoms with E-state index in [9.17, 15) is 4.79 Å². The molecular weight excluding hydrogens is 330 g/mol. The number of pyridine rings is 2. The maximum atomic E-state index is 13.1. The van der Waals surface area contributed by atoms with Gasteiger partial charge in [-0.15, -0.1) is 0 Å². The summed E-state index contributed by atoms with van der Waals surface area (Å²) in [6, 6.07) is 5.59. The molecule has 26 heavy (non-hydrogen) atoms. The lowest BCUT2D eigenvalue weighted by Crippen LogP contribution is -2.39. The summed E-state index contributed by atoms with van der Waals surface area (Å²) < 4.78 is 5.26. The minimum absolute atomic E-state index is 0.0745. The highest BCUT2D eigenvalue weighted by atomic mass is 16.5. The van der Waals surface area contributed by atoms with Crippen molar-refractivity contribution in [3.63, 3.8) is 0 Å². The van der Waals surface area contributed by atoms with E-state index in [0.717, 1.165) is 22.5 Å². The lowest BCUT2D eigenvalue weighted by Gasteiger charge is -2.30. The van der Waals surface area contributed by atoms with Crippen molar-refractivity contribution in [3.8, 4) is 17.0 Å². The van der Waals surface area contributed by atoms with Crippen LogP contribution in [0.4, 0.5) is 5.82 Å². The zero-order valence-electron chi connectivity index (χ0n) is 15.1. The number of hydrogen-bond donors (Lipinski definition) is 1. The summed E-state index contributed by atoms with van der Waals surface area (Å²) in [5, 5.41) is 6.86. The molecule has 0 unspecified atom stereocenters. The fraction of sp³-hybridized carbons (Fsp3) is 0.263. The molecule has 0 aromatic carbocycles. The summed E-state index contributed by atoms with van der Waals surface area (Å²) in [4.78, 5) is 23.8. The Bertz CT molecular complexity index is 995. The van der Waals surface area contributed by atoms with E-state index in [1.165, 1.54) is 0 Å². The van der Waals surface area contributed by atoms with Crippen LogP contribution < -0.4 is 9.64 Å². The molecule has 0 fully saturated rings. The second-order valence-corrected chi connectivity index (χ2v) is 6.80. The summed E-state index contributed by atoms with van der Waals surface area (Å²) >= 11 is 0. The summed E-state index contributed by atoms with van der Waals surface area (Å²) in [6.45, 7) is 5.90. The van der Waals surface area contributed by atoms with Gasteiger partial charge in [-0.2, -0.15) is 5.10 Å². The average Bonchev–Trinajstić information content (AvgIpc) is 3.20. The molecule has 0 spiro atoms. The van der Waals surface area contributed by atoms with Crippen molar-refractivity contribution in [2.24, 2.45) is 0 Å². The van der Waals surface area contributed by atoms with E-state index in [1.807, 2.05) is 32.9 Å². The largest absolute Gasteiger partial charge is 0.495 e. The first-order chi connectivity index (χ1) is 12.4. The Labute approximate surface area is 151 Å². The van der Waals surface area contributed by atoms with Crippen LogP contribution in [-0.2, 0) is 5.54 Å². The Morgan fingerprint density at radius 3 is 2.73 bits per heavy atom. The van der Waals surface area contributed by atoms with E-state index in [0.29, 0.717) is 17.1 Å². The van der Waals surface area contributed by atoms with Crippen LogP contribution in [0.25, 0.3) is 11.3 Å². The highest BCUT2D eigenvalue weighted by molar-refractivity contribution is 6.12. The van der Waals surface area contributed by atoms with E-state index < -0.39 is 5.54 Å². The maximum Gasteiger partial charge on any atom is 0.262 e. The monoisotopic (exact) mass is 349 g/mol. The van der Waals surface area contributed by atoms with Crippen molar-refractivity contribution >= 4 is 11.7 Å². The van der Waals surface area contributed by atoms with Crippen LogP contribution in [0.15, 0.2) is 36.8 Å². The van der Waals surface area contributed by atoms with Crippen LogP contribution in [-0.4, -0.2) is 33.2 Å². The van der Waals surface area contributed by atoms with Crippen LogP contribution in [0.5, 0.6) is 5.75 Å². The van der Waals surface area contributed by atoms with Gasteiger partial charge in [-0.3, -0.25) is 19.8 Å². The van der Waals surface area contributed by atoms with Gasteiger partial charge in [0.1, 0.15) is 11.6 Å². The first-order valence-corrected chi connectivity index (χ1v) is 8.29. The molecule has 4 rings (SSSR count). The van der Waals surface area contributed by atoms with E-state index in [2.05, 4.69) is 15.2 Å². The third-order valence-corrected chi connectivity index (χ3v) is 4.74. The van der Waals surface area contributed by atoms with Gasteiger partial charge in [0, 0.05) is 17.8 Å². The molecule has 0 saturated heterocycles. The van der Waals surface area contributed by atoms with E-state index in [4.69, 9.17) is 9.72 Å². The quantitative estimate of drug-likeness (QED) is 0.785.